The molecule has 0 bridgehead atoms. The number of carbonyl (C=O) groups excluding carboxylic acids is 2. The highest BCUT2D eigenvalue weighted by Crippen LogP contribution is 2.25. The number of esters is 1. The van der Waals surface area contributed by atoms with E-state index in [4.69, 9.17) is 41.2 Å². The largest absolute Gasteiger partial charge is 0.465 e. The molecule has 1 heterocycles. The molecule has 0 aromatic heterocycles. The lowest BCUT2D eigenvalue weighted by Crippen LogP contribution is -2.37. The van der Waals surface area contributed by atoms with E-state index in [1.807, 2.05) is 0 Å². The molecule has 1 aliphatic rings. The van der Waals surface area contributed by atoms with E-state index in [9.17, 15) is 9.59 Å². The lowest BCUT2D eigenvalue weighted by atomic mass is 10.0. The van der Waals surface area contributed by atoms with Gasteiger partial charge >= 0.3 is 5.97 Å². The number of ketones is 1. The molecule has 0 radical (unpaired) electrons. The second-order valence-electron chi connectivity index (χ2n) is 4.22. The van der Waals surface area contributed by atoms with E-state index >= 15 is 0 Å². The van der Waals surface area contributed by atoms with Crippen LogP contribution in [-0.2, 0) is 9.53 Å². The van der Waals surface area contributed by atoms with Gasteiger partial charge in [0.2, 0.25) is 0 Å². The Morgan fingerprint density at radius 1 is 1.38 bits per heavy atom. The van der Waals surface area contributed by atoms with Gasteiger partial charge in [0.25, 0.3) is 0 Å². The number of nitrogens with two attached hydrogens (primary N) is 1. The van der Waals surface area contributed by atoms with E-state index in [0.717, 1.165) is 0 Å². The Morgan fingerprint density at radius 3 is 2.67 bits per heavy atom. The van der Waals surface area contributed by atoms with Crippen LogP contribution in [0.4, 0.5) is 0 Å². The summed E-state index contributed by atoms with van der Waals surface area (Å²) in [5.74, 6) is -1.13. The van der Waals surface area contributed by atoms with E-state index < -0.39 is 17.8 Å². The second kappa shape index (κ2) is 6.01. The van der Waals surface area contributed by atoms with Crippen LogP contribution in [0.15, 0.2) is 29.5 Å². The maximum atomic E-state index is 12.5. The molecule has 0 aliphatic carbocycles. The van der Waals surface area contributed by atoms with Gasteiger partial charge in [-0.3, -0.25) is 4.79 Å². The third-order valence-electron chi connectivity index (χ3n) is 2.95. The quantitative estimate of drug-likeness (QED) is 0.494. The summed E-state index contributed by atoms with van der Waals surface area (Å²) in [6.45, 7) is 0. The van der Waals surface area contributed by atoms with E-state index in [1.54, 1.807) is 6.07 Å². The Bertz CT molecular complexity index is 688. The summed E-state index contributed by atoms with van der Waals surface area (Å²) in [6, 6.07) is 3.53. The van der Waals surface area contributed by atoms with Crippen LogP contribution < -0.4 is 11.1 Å². The Kier molecular flexibility index (Phi) is 4.51. The van der Waals surface area contributed by atoms with Crippen molar-refractivity contribution < 1.29 is 14.3 Å². The summed E-state index contributed by atoms with van der Waals surface area (Å²) < 4.78 is 4.59. The molecule has 5 nitrogen and oxygen atoms in total. The predicted molar refractivity (Wildman–Crippen MR) is 83.5 cm³/mol. The lowest BCUT2D eigenvalue weighted by Gasteiger charge is -2.13. The monoisotopic (exact) mass is 344 g/mol. The van der Waals surface area contributed by atoms with Crippen LogP contribution in [0.25, 0.3) is 0 Å². The molecule has 8 heteroatoms. The van der Waals surface area contributed by atoms with Crippen molar-refractivity contribution in [2.75, 3.05) is 7.11 Å². The Balaban J connectivity index is 2.41. The fourth-order valence-electron chi connectivity index (χ4n) is 1.92. The fraction of sp³-hybridized carbons (Fsp3) is 0.154. The molecule has 1 aliphatic heterocycles. The number of thiocarbonyl (C=S) groups is 1. The van der Waals surface area contributed by atoms with E-state index in [-0.39, 0.29) is 26.8 Å². The molecule has 2 rings (SSSR count). The number of hydrogen-bond acceptors (Lipinski definition) is 5. The maximum Gasteiger partial charge on any atom is 0.342 e. The third-order valence-corrected chi connectivity index (χ3v) is 3.83. The smallest absolute Gasteiger partial charge is 0.342 e. The van der Waals surface area contributed by atoms with Gasteiger partial charge in [-0.1, -0.05) is 35.4 Å². The molecule has 1 aromatic rings. The topological polar surface area (TPSA) is 81.4 Å². The zero-order valence-corrected chi connectivity index (χ0v) is 13.1. The average Bonchev–Trinajstić information content (AvgIpc) is 2.75. The highest BCUT2D eigenvalue weighted by atomic mass is 35.5. The first kappa shape index (κ1) is 15.8. The summed E-state index contributed by atoms with van der Waals surface area (Å²) in [5, 5.41) is 3.29. The van der Waals surface area contributed by atoms with Crippen molar-refractivity contribution in [1.82, 2.24) is 5.32 Å². The van der Waals surface area contributed by atoms with Crippen LogP contribution in [0.1, 0.15) is 10.4 Å². The number of benzene rings is 1. The molecule has 0 spiro atoms. The normalized spacial score (nSPS) is 17.7. The predicted octanol–water partition coefficient (Wildman–Crippen LogP) is 1.86. The minimum atomic E-state index is -0.970. The summed E-state index contributed by atoms with van der Waals surface area (Å²) >= 11 is 16.9. The molecule has 110 valence electrons. The van der Waals surface area contributed by atoms with Crippen LogP contribution in [0, 0.1) is 0 Å². The first-order valence-electron chi connectivity index (χ1n) is 5.75. The van der Waals surface area contributed by atoms with Gasteiger partial charge in [0, 0.05) is 10.6 Å². The van der Waals surface area contributed by atoms with Crippen molar-refractivity contribution >= 4 is 52.2 Å². The molecular weight excluding hydrogens is 335 g/mol. The van der Waals surface area contributed by atoms with E-state index in [2.05, 4.69) is 10.1 Å². The second-order valence-corrected chi connectivity index (χ2v) is 5.47. The van der Waals surface area contributed by atoms with E-state index in [0.29, 0.717) is 5.02 Å². The molecule has 3 N–H and O–H groups in total. The van der Waals surface area contributed by atoms with Crippen LogP contribution in [0.5, 0.6) is 0 Å². The van der Waals surface area contributed by atoms with Gasteiger partial charge in [-0.05, 0) is 18.2 Å². The first-order chi connectivity index (χ1) is 9.86. The van der Waals surface area contributed by atoms with Gasteiger partial charge in [-0.25, -0.2) is 4.79 Å². The standard InChI is InChI=1S/C13H10Cl2N2O3S/c1-20-13(19)8-9(16)10(17-12(8)21)11(18)6-4-5(14)2-3-7(6)15/h2-4,10H,16H2,1H3,(H,17,21)/t10-/m0/s1. The minimum absolute atomic E-state index is 0.00731. The summed E-state index contributed by atoms with van der Waals surface area (Å²) in [4.78, 5) is 24.2. The summed E-state index contributed by atoms with van der Waals surface area (Å²) in [7, 11) is 1.20. The van der Waals surface area contributed by atoms with Gasteiger partial charge in [-0.2, -0.15) is 0 Å². The van der Waals surface area contributed by atoms with Crippen molar-refractivity contribution in [3.05, 3.63) is 45.1 Å². The summed E-state index contributed by atoms with van der Waals surface area (Å²) in [5.41, 5.74) is 6.04. The lowest BCUT2D eigenvalue weighted by molar-refractivity contribution is -0.135. The average molecular weight is 345 g/mol. The molecule has 0 amide bonds. The van der Waals surface area contributed by atoms with Crippen molar-refractivity contribution in [1.29, 1.82) is 0 Å². The van der Waals surface area contributed by atoms with Gasteiger partial charge in [0.1, 0.15) is 16.6 Å². The van der Waals surface area contributed by atoms with Crippen molar-refractivity contribution in [3.63, 3.8) is 0 Å². The van der Waals surface area contributed by atoms with Crippen LogP contribution >= 0.6 is 35.4 Å². The number of ether oxygens (including phenoxy) is 1. The fourth-order valence-corrected chi connectivity index (χ4v) is 2.62. The van der Waals surface area contributed by atoms with Gasteiger partial charge < -0.3 is 15.8 Å². The molecular formula is C13H10Cl2N2O3S. The number of methoxy groups -OCH3 is 1. The van der Waals surface area contributed by atoms with Crippen LogP contribution in [0.3, 0.4) is 0 Å². The summed E-state index contributed by atoms with van der Waals surface area (Å²) in [6.07, 6.45) is 0. The van der Waals surface area contributed by atoms with Gasteiger partial charge in [0.05, 0.1) is 17.8 Å². The highest BCUT2D eigenvalue weighted by molar-refractivity contribution is 7.80. The number of hydrogen-bond donors (Lipinski definition) is 2. The highest BCUT2D eigenvalue weighted by Gasteiger charge is 2.37. The number of halogens is 2. The third kappa shape index (κ3) is 2.88. The number of carbonyl (C=O) groups is 2. The molecule has 1 aromatic carbocycles. The first-order valence-corrected chi connectivity index (χ1v) is 6.91. The van der Waals surface area contributed by atoms with E-state index in [1.165, 1.54) is 19.2 Å². The number of rotatable bonds is 3. The van der Waals surface area contributed by atoms with Gasteiger partial charge in [-0.15, -0.1) is 0 Å². The Hall–Kier alpha value is -1.63. The zero-order chi connectivity index (χ0) is 15.7. The molecule has 0 saturated heterocycles. The molecule has 0 unspecified atom stereocenters. The molecule has 0 saturated carbocycles. The molecule has 0 fully saturated rings. The molecule has 1 atom stereocenters. The van der Waals surface area contributed by atoms with Crippen molar-refractivity contribution in [2.24, 2.45) is 5.73 Å². The maximum absolute atomic E-state index is 12.5. The Morgan fingerprint density at radius 2 is 2.05 bits per heavy atom. The van der Waals surface area contributed by atoms with Crippen LogP contribution in [-0.4, -0.2) is 29.9 Å². The number of nitrogens with one attached hydrogen (secondary N) is 1. The molecule has 21 heavy (non-hydrogen) atoms. The van der Waals surface area contributed by atoms with Crippen molar-refractivity contribution in [3.8, 4) is 0 Å². The van der Waals surface area contributed by atoms with Gasteiger partial charge in [0.15, 0.2) is 5.78 Å². The van der Waals surface area contributed by atoms with Crippen molar-refractivity contribution in [2.45, 2.75) is 6.04 Å². The Labute approximate surface area is 136 Å². The SMILES string of the molecule is COC(=O)C1=C(N)[C@@H](C(=O)c2cc(Cl)ccc2Cl)NC1=S. The zero-order valence-electron chi connectivity index (χ0n) is 10.8. The minimum Gasteiger partial charge on any atom is -0.465 e. The number of Topliss-reactive ketones (excluding diaryl/α,β-unsaturated/α-hetero) is 1. The van der Waals surface area contributed by atoms with Crippen LogP contribution in [0.2, 0.25) is 10.0 Å².